The number of para-hydroxylation sites is 1. The Morgan fingerprint density at radius 2 is 1.86 bits per heavy atom. The summed E-state index contributed by atoms with van der Waals surface area (Å²) in [5.41, 5.74) is 4.68. The largest absolute Gasteiger partial charge is 0.487 e. The van der Waals surface area contributed by atoms with Crippen molar-refractivity contribution in [1.29, 1.82) is 0 Å². The van der Waals surface area contributed by atoms with Gasteiger partial charge in [-0.25, -0.2) is 0 Å². The molecule has 0 saturated carbocycles. The number of hydrogen-bond acceptors (Lipinski definition) is 4. The van der Waals surface area contributed by atoms with Crippen LogP contribution in [-0.2, 0) is 11.2 Å². The molecule has 1 N–H and O–H groups in total. The first-order valence-corrected chi connectivity index (χ1v) is 9.96. The minimum absolute atomic E-state index is 0.301. The number of ether oxygens (including phenoxy) is 2. The summed E-state index contributed by atoms with van der Waals surface area (Å²) in [6.07, 6.45) is 2.35. The van der Waals surface area contributed by atoms with E-state index in [1.807, 2.05) is 51.1 Å². The standard InChI is InChI=1S/C23H27NO3S/c1-14-15(2)22-19(16(3)21(14)26-17(4)25)11-12-23(5,27-22)13-20(28)24-18-9-7-6-8-10-18/h6-10H,11-13H2,1-5H3,(H,24,28). The molecule has 0 saturated heterocycles. The smallest absolute Gasteiger partial charge is 0.308 e. The van der Waals surface area contributed by atoms with Crippen molar-refractivity contribution in [2.75, 3.05) is 5.32 Å². The minimum atomic E-state index is -0.377. The first kappa shape index (κ1) is 20.3. The molecule has 1 atom stereocenters. The van der Waals surface area contributed by atoms with E-state index in [0.29, 0.717) is 12.2 Å². The lowest BCUT2D eigenvalue weighted by molar-refractivity contribution is -0.132. The van der Waals surface area contributed by atoms with Gasteiger partial charge in [-0.3, -0.25) is 4.79 Å². The maximum atomic E-state index is 11.5. The fourth-order valence-electron chi connectivity index (χ4n) is 3.77. The summed E-state index contributed by atoms with van der Waals surface area (Å²) >= 11 is 5.59. The van der Waals surface area contributed by atoms with Crippen molar-refractivity contribution < 1.29 is 14.3 Å². The van der Waals surface area contributed by atoms with Crippen LogP contribution in [0.25, 0.3) is 0 Å². The number of carbonyl (C=O) groups is 1. The van der Waals surface area contributed by atoms with Gasteiger partial charge in [0.2, 0.25) is 0 Å². The molecular weight excluding hydrogens is 370 g/mol. The zero-order valence-electron chi connectivity index (χ0n) is 17.1. The van der Waals surface area contributed by atoms with Crippen LogP contribution >= 0.6 is 12.2 Å². The van der Waals surface area contributed by atoms with Crippen LogP contribution < -0.4 is 14.8 Å². The third-order valence-corrected chi connectivity index (χ3v) is 5.65. The van der Waals surface area contributed by atoms with Crippen LogP contribution in [0.3, 0.4) is 0 Å². The van der Waals surface area contributed by atoms with Gasteiger partial charge in [0, 0.05) is 24.6 Å². The minimum Gasteiger partial charge on any atom is -0.487 e. The van der Waals surface area contributed by atoms with Crippen molar-refractivity contribution in [2.24, 2.45) is 0 Å². The van der Waals surface area contributed by atoms with Gasteiger partial charge < -0.3 is 14.8 Å². The highest BCUT2D eigenvalue weighted by atomic mass is 32.1. The van der Waals surface area contributed by atoms with Crippen LogP contribution in [0, 0.1) is 20.8 Å². The molecule has 1 aliphatic heterocycles. The molecule has 28 heavy (non-hydrogen) atoms. The summed E-state index contributed by atoms with van der Waals surface area (Å²) in [6.45, 7) is 9.53. The molecule has 0 aromatic heterocycles. The first-order valence-electron chi connectivity index (χ1n) is 9.55. The molecule has 3 rings (SSSR count). The molecule has 2 aromatic rings. The van der Waals surface area contributed by atoms with Crippen LogP contribution in [0.15, 0.2) is 30.3 Å². The third-order valence-electron chi connectivity index (χ3n) is 5.40. The maximum absolute atomic E-state index is 11.5. The molecule has 2 aromatic carbocycles. The Morgan fingerprint density at radius 1 is 1.18 bits per heavy atom. The van der Waals surface area contributed by atoms with Crippen LogP contribution in [0.4, 0.5) is 5.69 Å². The molecule has 4 nitrogen and oxygen atoms in total. The lowest BCUT2D eigenvalue weighted by Crippen LogP contribution is -2.40. The highest BCUT2D eigenvalue weighted by Crippen LogP contribution is 2.44. The molecule has 1 aliphatic rings. The average molecular weight is 398 g/mol. The Labute approximate surface area is 172 Å². The van der Waals surface area contributed by atoms with E-state index < -0.39 is 0 Å². The number of nitrogens with one attached hydrogen (secondary N) is 1. The monoisotopic (exact) mass is 397 g/mol. The number of carbonyl (C=O) groups excluding carboxylic acids is 1. The molecule has 0 fully saturated rings. The third kappa shape index (κ3) is 4.20. The number of rotatable bonds is 4. The Balaban J connectivity index is 1.83. The molecule has 0 aliphatic carbocycles. The molecule has 5 heteroatoms. The second kappa shape index (κ2) is 7.92. The normalized spacial score (nSPS) is 18.0. The van der Waals surface area contributed by atoms with Gasteiger partial charge in [-0.2, -0.15) is 0 Å². The topological polar surface area (TPSA) is 47.6 Å². The lowest BCUT2D eigenvalue weighted by atomic mass is 9.85. The summed E-state index contributed by atoms with van der Waals surface area (Å²) in [4.78, 5) is 12.3. The van der Waals surface area contributed by atoms with E-state index >= 15 is 0 Å². The van der Waals surface area contributed by atoms with Gasteiger partial charge in [0.25, 0.3) is 0 Å². The number of benzene rings is 2. The number of anilines is 1. The number of thiocarbonyl (C=S) groups is 1. The molecule has 148 valence electrons. The van der Waals surface area contributed by atoms with Gasteiger partial charge in [-0.1, -0.05) is 30.4 Å². The molecule has 0 amide bonds. The first-order chi connectivity index (χ1) is 13.2. The van der Waals surface area contributed by atoms with Gasteiger partial charge in [-0.05, 0) is 69.4 Å². The SMILES string of the molecule is CC(=O)Oc1c(C)c(C)c2c(c1C)CCC(C)(CC(=S)Nc1ccccc1)O2. The van der Waals surface area contributed by atoms with E-state index in [1.165, 1.54) is 6.92 Å². The van der Waals surface area contributed by atoms with Crippen LogP contribution in [0.2, 0.25) is 0 Å². The Kier molecular flexibility index (Phi) is 5.75. The van der Waals surface area contributed by atoms with Crippen molar-refractivity contribution in [3.63, 3.8) is 0 Å². The van der Waals surface area contributed by atoms with Gasteiger partial charge in [0.05, 0.1) is 4.99 Å². The summed E-state index contributed by atoms with van der Waals surface area (Å²) in [6, 6.07) is 9.94. The summed E-state index contributed by atoms with van der Waals surface area (Å²) in [7, 11) is 0. The Hall–Kier alpha value is -2.40. The van der Waals surface area contributed by atoms with Crippen LogP contribution in [-0.4, -0.2) is 16.6 Å². The highest BCUT2D eigenvalue weighted by Gasteiger charge is 2.35. The number of fused-ring (bicyclic) bond motifs is 1. The lowest BCUT2D eigenvalue weighted by Gasteiger charge is -2.38. The van der Waals surface area contributed by atoms with Crippen molar-refractivity contribution in [1.82, 2.24) is 0 Å². The molecule has 0 bridgehead atoms. The predicted octanol–water partition coefficient (Wildman–Crippen LogP) is 5.45. The van der Waals surface area contributed by atoms with E-state index in [2.05, 4.69) is 12.2 Å². The fraction of sp³-hybridized carbons (Fsp3) is 0.391. The van der Waals surface area contributed by atoms with Gasteiger partial charge in [-0.15, -0.1) is 0 Å². The molecule has 0 radical (unpaired) electrons. The zero-order chi connectivity index (χ0) is 20.5. The zero-order valence-corrected chi connectivity index (χ0v) is 18.0. The number of esters is 1. The van der Waals surface area contributed by atoms with E-state index in [9.17, 15) is 4.79 Å². The number of hydrogen-bond donors (Lipinski definition) is 1. The maximum Gasteiger partial charge on any atom is 0.308 e. The predicted molar refractivity (Wildman–Crippen MR) is 117 cm³/mol. The summed E-state index contributed by atoms with van der Waals surface area (Å²) in [5.74, 6) is 1.27. The second-order valence-corrected chi connectivity index (χ2v) is 8.24. The van der Waals surface area contributed by atoms with Gasteiger partial charge in [0.15, 0.2) is 0 Å². The van der Waals surface area contributed by atoms with E-state index in [1.54, 1.807) is 0 Å². The highest BCUT2D eigenvalue weighted by molar-refractivity contribution is 7.80. The van der Waals surface area contributed by atoms with Crippen LogP contribution in [0.1, 0.15) is 48.9 Å². The molecule has 1 heterocycles. The van der Waals surface area contributed by atoms with E-state index in [-0.39, 0.29) is 11.6 Å². The fourth-order valence-corrected chi connectivity index (χ4v) is 4.19. The summed E-state index contributed by atoms with van der Waals surface area (Å²) in [5, 5.41) is 3.30. The average Bonchev–Trinajstić information content (AvgIpc) is 2.63. The molecule has 1 unspecified atom stereocenters. The van der Waals surface area contributed by atoms with Crippen molar-refractivity contribution in [3.05, 3.63) is 52.6 Å². The van der Waals surface area contributed by atoms with Crippen molar-refractivity contribution >= 4 is 28.9 Å². The van der Waals surface area contributed by atoms with E-state index in [4.69, 9.17) is 21.7 Å². The van der Waals surface area contributed by atoms with Crippen molar-refractivity contribution in [2.45, 2.75) is 59.5 Å². The van der Waals surface area contributed by atoms with Gasteiger partial charge in [0.1, 0.15) is 17.1 Å². The molecular formula is C23H27NO3S. The van der Waals surface area contributed by atoms with Gasteiger partial charge >= 0.3 is 5.97 Å². The van der Waals surface area contributed by atoms with Crippen molar-refractivity contribution in [3.8, 4) is 11.5 Å². The quantitative estimate of drug-likeness (QED) is 0.422. The second-order valence-electron chi connectivity index (χ2n) is 7.75. The Morgan fingerprint density at radius 3 is 2.50 bits per heavy atom. The molecule has 0 spiro atoms. The summed E-state index contributed by atoms with van der Waals surface area (Å²) < 4.78 is 12.0. The Bertz CT molecular complexity index is 923. The van der Waals surface area contributed by atoms with E-state index in [0.717, 1.165) is 51.5 Å². The van der Waals surface area contributed by atoms with Crippen LogP contribution in [0.5, 0.6) is 11.5 Å².